The van der Waals surface area contributed by atoms with E-state index in [1.165, 1.54) is 10.8 Å². The van der Waals surface area contributed by atoms with E-state index >= 15 is 0 Å². The highest BCUT2D eigenvalue weighted by molar-refractivity contribution is 9.10. The zero-order valence-electron chi connectivity index (χ0n) is 9.22. The molecule has 0 saturated heterocycles. The fourth-order valence-corrected chi connectivity index (χ4v) is 2.38. The molecule has 2 aromatic heterocycles. The number of ether oxygens (including phenoxy) is 1. The Kier molecular flexibility index (Phi) is 3.30. The molecule has 0 spiro atoms. The second-order valence-electron chi connectivity index (χ2n) is 3.57. The van der Waals surface area contributed by atoms with E-state index in [4.69, 9.17) is 27.9 Å². The topological polar surface area (TPSA) is 52.3 Å². The summed E-state index contributed by atoms with van der Waals surface area (Å²) in [5.74, 6) is 1.23. The molecule has 0 radical (unpaired) electrons. The van der Waals surface area contributed by atoms with E-state index in [-0.39, 0.29) is 5.15 Å². The van der Waals surface area contributed by atoms with Gasteiger partial charge in [-0.3, -0.25) is 0 Å². The number of fused-ring (bicyclic) bond motifs is 1. The van der Waals surface area contributed by atoms with E-state index in [2.05, 4.69) is 31.0 Å². The van der Waals surface area contributed by atoms with Crippen LogP contribution >= 0.6 is 39.1 Å². The Bertz CT molecular complexity index is 762. The Morgan fingerprint density at radius 1 is 1.21 bits per heavy atom. The molecule has 3 rings (SSSR count). The van der Waals surface area contributed by atoms with Crippen LogP contribution in [0.1, 0.15) is 0 Å². The molecular weight excluding hydrogens is 355 g/mol. The van der Waals surface area contributed by atoms with Gasteiger partial charge in [0.05, 0.1) is 5.02 Å². The van der Waals surface area contributed by atoms with Gasteiger partial charge in [0.25, 0.3) is 5.78 Å². The predicted octanol–water partition coefficient (Wildman–Crippen LogP) is 3.99. The van der Waals surface area contributed by atoms with Crippen LogP contribution < -0.4 is 4.74 Å². The maximum Gasteiger partial charge on any atom is 0.256 e. The molecular formula is C11H5BrCl2N4O. The first-order valence-electron chi connectivity index (χ1n) is 5.13. The van der Waals surface area contributed by atoms with E-state index in [1.807, 2.05) is 6.07 Å². The maximum atomic E-state index is 6.10. The molecule has 0 N–H and O–H groups in total. The monoisotopic (exact) mass is 358 g/mol. The molecule has 0 bridgehead atoms. The number of rotatable bonds is 2. The molecule has 0 saturated carbocycles. The first kappa shape index (κ1) is 12.7. The van der Waals surface area contributed by atoms with Gasteiger partial charge in [-0.25, -0.2) is 0 Å². The Balaban J connectivity index is 2.07. The molecule has 2 heterocycles. The summed E-state index contributed by atoms with van der Waals surface area (Å²) in [6.45, 7) is 0. The van der Waals surface area contributed by atoms with E-state index in [0.29, 0.717) is 22.4 Å². The van der Waals surface area contributed by atoms with E-state index in [0.717, 1.165) is 4.47 Å². The lowest BCUT2D eigenvalue weighted by atomic mass is 10.3. The van der Waals surface area contributed by atoms with E-state index in [9.17, 15) is 0 Å². The number of nitrogens with zero attached hydrogens (tertiary/aromatic N) is 4. The number of hydrogen-bond acceptors (Lipinski definition) is 4. The molecule has 0 fully saturated rings. The van der Waals surface area contributed by atoms with Gasteiger partial charge in [0, 0.05) is 10.5 Å². The highest BCUT2D eigenvalue weighted by Gasteiger charge is 2.10. The molecule has 1 aromatic carbocycles. The van der Waals surface area contributed by atoms with Crippen molar-refractivity contribution < 1.29 is 4.74 Å². The molecule has 0 amide bonds. The number of halogens is 3. The van der Waals surface area contributed by atoms with Crippen LogP contribution in [0.25, 0.3) is 5.78 Å². The highest BCUT2D eigenvalue weighted by atomic mass is 79.9. The highest BCUT2D eigenvalue weighted by Crippen LogP contribution is 2.32. The minimum atomic E-state index is 0.267. The van der Waals surface area contributed by atoms with Gasteiger partial charge in [-0.05, 0) is 18.2 Å². The zero-order chi connectivity index (χ0) is 13.4. The van der Waals surface area contributed by atoms with Gasteiger partial charge < -0.3 is 4.74 Å². The van der Waals surface area contributed by atoms with Crippen LogP contribution in [-0.4, -0.2) is 19.6 Å². The summed E-state index contributed by atoms with van der Waals surface area (Å²) in [6.07, 6.45) is 1.37. The quantitative estimate of drug-likeness (QED) is 0.649. The van der Waals surface area contributed by atoms with Gasteiger partial charge in [0.1, 0.15) is 17.2 Å². The Morgan fingerprint density at radius 3 is 2.84 bits per heavy atom. The van der Waals surface area contributed by atoms with Crippen LogP contribution in [0.15, 0.2) is 35.1 Å². The lowest BCUT2D eigenvalue weighted by Crippen LogP contribution is -1.98. The van der Waals surface area contributed by atoms with Crippen molar-refractivity contribution in [3.8, 4) is 11.6 Å². The van der Waals surface area contributed by atoms with E-state index in [1.54, 1.807) is 18.2 Å². The van der Waals surface area contributed by atoms with E-state index < -0.39 is 0 Å². The minimum Gasteiger partial charge on any atom is -0.437 e. The number of benzene rings is 1. The van der Waals surface area contributed by atoms with Crippen molar-refractivity contribution in [3.63, 3.8) is 0 Å². The number of aromatic nitrogens is 4. The predicted molar refractivity (Wildman–Crippen MR) is 75.0 cm³/mol. The van der Waals surface area contributed by atoms with Gasteiger partial charge in [0.15, 0.2) is 0 Å². The molecule has 5 nitrogen and oxygen atoms in total. The lowest BCUT2D eigenvalue weighted by molar-refractivity contribution is 0.446. The lowest BCUT2D eigenvalue weighted by Gasteiger charge is -2.08. The summed E-state index contributed by atoms with van der Waals surface area (Å²) in [5, 5.41) is 4.75. The van der Waals surface area contributed by atoms with Crippen molar-refractivity contribution >= 4 is 44.9 Å². The SMILES string of the molecule is Clc1cc(Oc2ccc(Br)cc2Cl)n2ncnc2n1. The molecule has 8 heteroatoms. The summed E-state index contributed by atoms with van der Waals surface area (Å²) in [6, 6.07) is 6.84. The van der Waals surface area contributed by atoms with Crippen molar-refractivity contribution in [2.75, 3.05) is 0 Å². The summed E-state index contributed by atoms with van der Waals surface area (Å²) >= 11 is 15.3. The molecule has 0 aliphatic heterocycles. The van der Waals surface area contributed by atoms with Crippen LogP contribution in [0.3, 0.4) is 0 Å². The summed E-state index contributed by atoms with van der Waals surface area (Å²) in [4.78, 5) is 7.96. The molecule has 0 atom stereocenters. The molecule has 0 unspecified atom stereocenters. The van der Waals surface area contributed by atoms with Crippen molar-refractivity contribution in [1.29, 1.82) is 0 Å². The molecule has 19 heavy (non-hydrogen) atoms. The second kappa shape index (κ2) is 4.96. The van der Waals surface area contributed by atoms with Crippen molar-refractivity contribution in [3.05, 3.63) is 45.2 Å². The van der Waals surface area contributed by atoms with Crippen LogP contribution in [0.2, 0.25) is 10.2 Å². The molecule has 0 aliphatic carbocycles. The van der Waals surface area contributed by atoms with Crippen molar-refractivity contribution in [2.45, 2.75) is 0 Å². The third-order valence-electron chi connectivity index (χ3n) is 2.30. The van der Waals surface area contributed by atoms with Gasteiger partial charge in [-0.1, -0.05) is 39.1 Å². The third-order valence-corrected chi connectivity index (χ3v) is 3.28. The van der Waals surface area contributed by atoms with Crippen LogP contribution in [0.4, 0.5) is 0 Å². The minimum absolute atomic E-state index is 0.267. The summed E-state index contributed by atoms with van der Waals surface area (Å²) in [5.41, 5.74) is 0. The Morgan fingerprint density at radius 2 is 2.05 bits per heavy atom. The van der Waals surface area contributed by atoms with Gasteiger partial charge >= 0.3 is 0 Å². The summed E-state index contributed by atoms with van der Waals surface area (Å²) < 4.78 is 8.00. The second-order valence-corrected chi connectivity index (χ2v) is 5.28. The first-order valence-corrected chi connectivity index (χ1v) is 6.67. The zero-order valence-corrected chi connectivity index (χ0v) is 12.3. The van der Waals surface area contributed by atoms with Crippen molar-refractivity contribution in [2.24, 2.45) is 0 Å². The maximum absolute atomic E-state index is 6.10. The van der Waals surface area contributed by atoms with Crippen LogP contribution in [0, 0.1) is 0 Å². The van der Waals surface area contributed by atoms with Gasteiger partial charge in [-0.15, -0.1) is 0 Å². The number of hydrogen-bond donors (Lipinski definition) is 0. The van der Waals surface area contributed by atoms with Crippen molar-refractivity contribution in [1.82, 2.24) is 19.6 Å². The summed E-state index contributed by atoms with van der Waals surface area (Å²) in [7, 11) is 0. The normalized spacial score (nSPS) is 10.9. The molecule has 0 aliphatic rings. The van der Waals surface area contributed by atoms with Crippen LogP contribution in [-0.2, 0) is 0 Å². The molecule has 3 aromatic rings. The van der Waals surface area contributed by atoms with Gasteiger partial charge in [-0.2, -0.15) is 19.6 Å². The van der Waals surface area contributed by atoms with Crippen LogP contribution in [0.5, 0.6) is 11.6 Å². The fraction of sp³-hybridized carbons (Fsp3) is 0. The third kappa shape index (κ3) is 2.51. The Hall–Kier alpha value is -1.37. The smallest absolute Gasteiger partial charge is 0.256 e. The average Bonchev–Trinajstić information content (AvgIpc) is 2.80. The molecule has 96 valence electrons. The largest absolute Gasteiger partial charge is 0.437 e. The Labute approximate surface area is 126 Å². The first-order chi connectivity index (χ1) is 9.13. The van der Waals surface area contributed by atoms with Gasteiger partial charge in [0.2, 0.25) is 5.88 Å². The fourth-order valence-electron chi connectivity index (χ4n) is 1.50. The standard InChI is InChI=1S/C11H5BrCl2N4O/c12-6-1-2-8(7(13)3-6)19-10-4-9(14)17-11-15-5-16-18(10)11/h1-5H. The average molecular weight is 360 g/mol.